The molecule has 1 amide bonds. The summed E-state index contributed by atoms with van der Waals surface area (Å²) in [6.45, 7) is 1.46. The van der Waals surface area contributed by atoms with Crippen molar-refractivity contribution in [3.63, 3.8) is 0 Å². The highest BCUT2D eigenvalue weighted by molar-refractivity contribution is 5.79. The smallest absolute Gasteiger partial charge is 0.223 e. The average molecular weight is 409 g/mol. The van der Waals surface area contributed by atoms with E-state index < -0.39 is 0 Å². The average Bonchev–Trinajstić information content (AvgIpc) is 3.29. The molecule has 5 nitrogen and oxygen atoms in total. The number of hydrogen-bond donors (Lipinski definition) is 2. The highest BCUT2D eigenvalue weighted by Crippen LogP contribution is 2.37. The van der Waals surface area contributed by atoms with Crippen molar-refractivity contribution in [3.05, 3.63) is 54.1 Å². The largest absolute Gasteiger partial charge is 0.493 e. The molecule has 0 aromatic heterocycles. The third-order valence-corrected chi connectivity index (χ3v) is 6.31. The molecule has 0 spiro atoms. The third kappa shape index (κ3) is 5.07. The topological polar surface area (TPSA) is 59.6 Å². The fourth-order valence-electron chi connectivity index (χ4n) is 4.58. The Kier molecular flexibility index (Phi) is 6.77. The van der Waals surface area contributed by atoms with E-state index in [2.05, 4.69) is 22.8 Å². The number of rotatable bonds is 8. The van der Waals surface area contributed by atoms with Gasteiger partial charge >= 0.3 is 0 Å². The second-order valence-electron chi connectivity index (χ2n) is 8.39. The molecule has 2 aromatic rings. The van der Waals surface area contributed by atoms with E-state index in [-0.39, 0.29) is 17.9 Å². The predicted molar refractivity (Wildman–Crippen MR) is 119 cm³/mol. The molecule has 2 aliphatic rings. The van der Waals surface area contributed by atoms with Gasteiger partial charge < -0.3 is 20.1 Å². The van der Waals surface area contributed by atoms with Crippen LogP contribution in [0.5, 0.6) is 11.5 Å². The van der Waals surface area contributed by atoms with Crippen molar-refractivity contribution in [3.8, 4) is 11.5 Å². The van der Waals surface area contributed by atoms with Gasteiger partial charge in [0.1, 0.15) is 0 Å². The van der Waals surface area contributed by atoms with Crippen LogP contribution in [0, 0.1) is 5.92 Å². The third-order valence-electron chi connectivity index (χ3n) is 6.31. The zero-order chi connectivity index (χ0) is 20.8. The molecule has 4 rings (SSSR count). The van der Waals surface area contributed by atoms with Crippen LogP contribution in [-0.2, 0) is 4.79 Å². The number of benzene rings is 2. The van der Waals surface area contributed by atoms with E-state index in [0.29, 0.717) is 12.5 Å². The van der Waals surface area contributed by atoms with Crippen LogP contribution < -0.4 is 20.1 Å². The van der Waals surface area contributed by atoms with Crippen LogP contribution in [-0.4, -0.2) is 32.2 Å². The lowest BCUT2D eigenvalue weighted by atomic mass is 9.83. The standard InChI is InChI=1S/C25H32N2O3/c1-29-23-12-11-18(16-24(23)30-22-9-5-6-10-22)20-15-19(25(28)27-17-20)13-14-26-21-7-3-2-4-8-21/h2-4,7-8,11-12,16,19-20,22,26H,5-6,9-10,13-15,17H2,1H3,(H,27,28)/t19?,20-/m1/s1. The van der Waals surface area contributed by atoms with Gasteiger partial charge in [0.15, 0.2) is 11.5 Å². The van der Waals surface area contributed by atoms with Crippen molar-refractivity contribution in [2.75, 3.05) is 25.5 Å². The zero-order valence-corrected chi connectivity index (χ0v) is 17.7. The van der Waals surface area contributed by atoms with Crippen molar-refractivity contribution < 1.29 is 14.3 Å². The zero-order valence-electron chi connectivity index (χ0n) is 17.7. The monoisotopic (exact) mass is 408 g/mol. The Morgan fingerprint density at radius 2 is 1.87 bits per heavy atom. The Labute approximate surface area is 179 Å². The quantitative estimate of drug-likeness (QED) is 0.662. The van der Waals surface area contributed by atoms with Crippen LogP contribution in [0.4, 0.5) is 5.69 Å². The number of piperidine rings is 1. The van der Waals surface area contributed by atoms with Crippen molar-refractivity contribution in [1.82, 2.24) is 5.32 Å². The molecule has 30 heavy (non-hydrogen) atoms. The second-order valence-corrected chi connectivity index (χ2v) is 8.39. The first-order chi connectivity index (χ1) is 14.7. The minimum absolute atomic E-state index is 0.0151. The molecule has 160 valence electrons. The number of carbonyl (C=O) groups excluding carboxylic acids is 1. The van der Waals surface area contributed by atoms with Gasteiger partial charge in [-0.3, -0.25) is 4.79 Å². The summed E-state index contributed by atoms with van der Waals surface area (Å²) in [4.78, 5) is 12.4. The lowest BCUT2D eigenvalue weighted by Crippen LogP contribution is -2.41. The van der Waals surface area contributed by atoms with Gasteiger partial charge in [0.2, 0.25) is 5.91 Å². The number of hydrogen-bond acceptors (Lipinski definition) is 4. The first kappa shape index (κ1) is 20.6. The molecular formula is C25H32N2O3. The Balaban J connectivity index is 1.39. The van der Waals surface area contributed by atoms with Crippen molar-refractivity contribution in [2.24, 2.45) is 5.92 Å². The second kappa shape index (κ2) is 9.88. The molecule has 1 aliphatic carbocycles. The number of anilines is 1. The number of carbonyl (C=O) groups is 1. The lowest BCUT2D eigenvalue weighted by Gasteiger charge is -2.30. The van der Waals surface area contributed by atoms with Crippen molar-refractivity contribution in [2.45, 2.75) is 50.5 Å². The van der Waals surface area contributed by atoms with Crippen LogP contribution in [0.25, 0.3) is 0 Å². The molecule has 2 aromatic carbocycles. The molecule has 0 radical (unpaired) electrons. The summed E-state index contributed by atoms with van der Waals surface area (Å²) < 4.78 is 11.8. The van der Waals surface area contributed by atoms with Crippen LogP contribution >= 0.6 is 0 Å². The molecule has 0 bridgehead atoms. The van der Waals surface area contributed by atoms with Crippen LogP contribution in [0.3, 0.4) is 0 Å². The molecule has 2 atom stereocenters. The summed E-state index contributed by atoms with van der Waals surface area (Å²) in [5.74, 6) is 2.09. The van der Waals surface area contributed by atoms with E-state index in [0.717, 1.165) is 49.4 Å². The molecule has 1 saturated heterocycles. The van der Waals surface area contributed by atoms with Crippen molar-refractivity contribution >= 4 is 11.6 Å². The van der Waals surface area contributed by atoms with E-state index in [4.69, 9.17) is 9.47 Å². The maximum Gasteiger partial charge on any atom is 0.223 e. The number of para-hydroxylation sites is 1. The van der Waals surface area contributed by atoms with Crippen LogP contribution in [0.1, 0.15) is 50.0 Å². The molecule has 2 N–H and O–H groups in total. The van der Waals surface area contributed by atoms with Gasteiger partial charge in [-0.2, -0.15) is 0 Å². The predicted octanol–water partition coefficient (Wildman–Crippen LogP) is 4.74. The maximum atomic E-state index is 12.4. The van der Waals surface area contributed by atoms with Gasteiger partial charge in [-0.25, -0.2) is 0 Å². The van der Waals surface area contributed by atoms with E-state index in [9.17, 15) is 4.79 Å². The first-order valence-electron chi connectivity index (χ1n) is 11.1. The normalized spacial score (nSPS) is 21.8. The lowest BCUT2D eigenvalue weighted by molar-refractivity contribution is -0.127. The van der Waals surface area contributed by atoms with Gasteiger partial charge in [0, 0.05) is 30.6 Å². The number of nitrogens with one attached hydrogen (secondary N) is 2. The van der Waals surface area contributed by atoms with E-state index in [1.165, 1.54) is 18.4 Å². The Hall–Kier alpha value is -2.69. The summed E-state index contributed by atoms with van der Waals surface area (Å²) in [7, 11) is 1.69. The Morgan fingerprint density at radius 1 is 1.07 bits per heavy atom. The van der Waals surface area contributed by atoms with Crippen LogP contribution in [0.2, 0.25) is 0 Å². The summed E-state index contributed by atoms with van der Waals surface area (Å²) in [5.41, 5.74) is 2.30. The minimum atomic E-state index is 0.0151. The van der Waals surface area contributed by atoms with E-state index in [1.54, 1.807) is 7.11 Å². The molecule has 1 aliphatic heterocycles. The summed E-state index contributed by atoms with van der Waals surface area (Å²) in [5, 5.41) is 6.53. The van der Waals surface area contributed by atoms with Gasteiger partial charge in [0.05, 0.1) is 13.2 Å². The SMILES string of the molecule is COc1ccc([C@H]2CNC(=O)C(CCNc3ccccc3)C2)cc1OC1CCCC1. The maximum absolute atomic E-state index is 12.4. The summed E-state index contributed by atoms with van der Waals surface area (Å²) in [6, 6.07) is 16.4. The fraction of sp³-hybridized carbons (Fsp3) is 0.480. The van der Waals surface area contributed by atoms with Crippen LogP contribution in [0.15, 0.2) is 48.5 Å². The highest BCUT2D eigenvalue weighted by Gasteiger charge is 2.30. The number of ether oxygens (including phenoxy) is 2. The van der Waals surface area contributed by atoms with Gasteiger partial charge in [0.25, 0.3) is 0 Å². The minimum Gasteiger partial charge on any atom is -0.493 e. The van der Waals surface area contributed by atoms with Gasteiger partial charge in [-0.05, 0) is 68.4 Å². The van der Waals surface area contributed by atoms with Gasteiger partial charge in [-0.15, -0.1) is 0 Å². The van der Waals surface area contributed by atoms with E-state index in [1.807, 2.05) is 36.4 Å². The summed E-state index contributed by atoms with van der Waals surface area (Å²) in [6.07, 6.45) is 6.67. The molecule has 2 fully saturated rings. The number of amides is 1. The van der Waals surface area contributed by atoms with Crippen molar-refractivity contribution in [1.29, 1.82) is 0 Å². The molecule has 1 unspecified atom stereocenters. The molecule has 1 heterocycles. The molecule has 1 saturated carbocycles. The first-order valence-corrected chi connectivity index (χ1v) is 11.1. The van der Waals surface area contributed by atoms with Gasteiger partial charge in [-0.1, -0.05) is 24.3 Å². The molecular weight excluding hydrogens is 376 g/mol. The highest BCUT2D eigenvalue weighted by atomic mass is 16.5. The Bertz CT molecular complexity index is 834. The number of methoxy groups -OCH3 is 1. The van der Waals surface area contributed by atoms with E-state index >= 15 is 0 Å². The fourth-order valence-corrected chi connectivity index (χ4v) is 4.58. The summed E-state index contributed by atoms with van der Waals surface area (Å²) >= 11 is 0. The Morgan fingerprint density at radius 3 is 2.63 bits per heavy atom. The molecule has 5 heteroatoms.